The Morgan fingerprint density at radius 3 is 2.59 bits per heavy atom. The van der Waals surface area contributed by atoms with E-state index in [-0.39, 0.29) is 23.5 Å². The molecule has 0 spiro atoms. The van der Waals surface area contributed by atoms with E-state index in [4.69, 9.17) is 16.3 Å². The van der Waals surface area contributed by atoms with E-state index in [1.807, 2.05) is 24.3 Å². The Morgan fingerprint density at radius 2 is 2.00 bits per heavy atom. The molecule has 2 saturated carbocycles. The second kappa shape index (κ2) is 6.19. The maximum Gasteiger partial charge on any atom is 0.223 e. The van der Waals surface area contributed by atoms with Crippen molar-refractivity contribution in [1.29, 1.82) is 0 Å². The van der Waals surface area contributed by atoms with Gasteiger partial charge >= 0.3 is 0 Å². The molecule has 2 N–H and O–H groups in total. The van der Waals surface area contributed by atoms with E-state index in [1.165, 1.54) is 0 Å². The Kier molecular flexibility index (Phi) is 4.44. The molecule has 2 fully saturated rings. The van der Waals surface area contributed by atoms with Crippen molar-refractivity contribution in [2.24, 2.45) is 5.92 Å². The highest BCUT2D eigenvalue weighted by atomic mass is 35.5. The number of aliphatic hydroxyl groups is 1. The third-order valence-electron chi connectivity index (χ3n) is 4.94. The predicted octanol–water partition coefficient (Wildman–Crippen LogP) is 2.62. The van der Waals surface area contributed by atoms with Gasteiger partial charge in [-0.05, 0) is 49.8 Å². The normalized spacial score (nSPS) is 29.9. The molecule has 120 valence electrons. The largest absolute Gasteiger partial charge is 0.390 e. The summed E-state index contributed by atoms with van der Waals surface area (Å²) < 4.78 is 5.28. The van der Waals surface area contributed by atoms with Crippen LogP contribution in [-0.2, 0) is 15.1 Å². The number of ether oxygens (including phenoxy) is 1. The molecule has 2 aliphatic rings. The van der Waals surface area contributed by atoms with Crippen molar-refractivity contribution in [2.45, 2.75) is 49.9 Å². The Labute approximate surface area is 135 Å². The van der Waals surface area contributed by atoms with Crippen molar-refractivity contribution in [3.63, 3.8) is 0 Å². The van der Waals surface area contributed by atoms with Crippen molar-refractivity contribution in [3.8, 4) is 0 Å². The standard InChI is InChI=1S/C17H22ClNO3/c1-22-15-10-11(2-7-14(15)20)16(21)19-17(8-9-17)12-3-5-13(18)6-4-12/h3-6,11,14-15,20H,2,7-10H2,1H3,(H,19,21)/t11-,14+,15-/m1/s1. The molecule has 2 aliphatic carbocycles. The van der Waals surface area contributed by atoms with Crippen LogP contribution in [0.5, 0.6) is 0 Å². The number of halogens is 1. The molecule has 0 bridgehead atoms. The first-order chi connectivity index (χ1) is 10.5. The molecule has 3 rings (SSSR count). The molecule has 0 radical (unpaired) electrons. The first kappa shape index (κ1) is 15.8. The number of benzene rings is 1. The van der Waals surface area contributed by atoms with Gasteiger partial charge in [-0.15, -0.1) is 0 Å². The van der Waals surface area contributed by atoms with Gasteiger partial charge in [0.05, 0.1) is 17.7 Å². The van der Waals surface area contributed by atoms with Crippen molar-refractivity contribution in [3.05, 3.63) is 34.9 Å². The average molecular weight is 324 g/mol. The number of carbonyl (C=O) groups is 1. The summed E-state index contributed by atoms with van der Waals surface area (Å²) in [4.78, 5) is 12.6. The Hall–Kier alpha value is -1.10. The lowest BCUT2D eigenvalue weighted by molar-refractivity contribution is -0.131. The molecule has 22 heavy (non-hydrogen) atoms. The fourth-order valence-electron chi connectivity index (χ4n) is 3.32. The molecule has 1 amide bonds. The number of aliphatic hydroxyl groups excluding tert-OH is 1. The third-order valence-corrected chi connectivity index (χ3v) is 5.19. The quantitative estimate of drug-likeness (QED) is 0.895. The lowest BCUT2D eigenvalue weighted by Crippen LogP contribution is -2.44. The molecule has 1 aromatic carbocycles. The maximum absolute atomic E-state index is 12.6. The second-order valence-corrected chi connectivity index (χ2v) is 6.87. The molecule has 0 saturated heterocycles. The zero-order valence-corrected chi connectivity index (χ0v) is 13.5. The fourth-order valence-corrected chi connectivity index (χ4v) is 3.45. The monoisotopic (exact) mass is 323 g/mol. The van der Waals surface area contributed by atoms with E-state index in [9.17, 15) is 9.90 Å². The number of methoxy groups -OCH3 is 1. The van der Waals surface area contributed by atoms with Gasteiger partial charge in [0.1, 0.15) is 0 Å². The van der Waals surface area contributed by atoms with E-state index in [1.54, 1.807) is 7.11 Å². The molecule has 4 nitrogen and oxygen atoms in total. The maximum atomic E-state index is 12.6. The van der Waals surface area contributed by atoms with Crippen molar-refractivity contribution < 1.29 is 14.6 Å². The lowest BCUT2D eigenvalue weighted by atomic mass is 9.84. The van der Waals surface area contributed by atoms with Gasteiger partial charge in [-0.3, -0.25) is 4.79 Å². The Balaban J connectivity index is 1.65. The van der Waals surface area contributed by atoms with Crippen LogP contribution in [-0.4, -0.2) is 30.3 Å². The van der Waals surface area contributed by atoms with Gasteiger partial charge in [-0.25, -0.2) is 0 Å². The summed E-state index contributed by atoms with van der Waals surface area (Å²) in [5, 5.41) is 13.8. The fraction of sp³-hybridized carbons (Fsp3) is 0.588. The first-order valence-corrected chi connectivity index (χ1v) is 8.21. The molecule has 0 unspecified atom stereocenters. The van der Waals surface area contributed by atoms with Crippen LogP contribution in [0.15, 0.2) is 24.3 Å². The molecule has 1 aromatic rings. The Bertz CT molecular complexity index is 541. The van der Waals surface area contributed by atoms with Gasteiger partial charge in [-0.1, -0.05) is 23.7 Å². The smallest absolute Gasteiger partial charge is 0.223 e. The lowest BCUT2D eigenvalue weighted by Gasteiger charge is -2.32. The van der Waals surface area contributed by atoms with Gasteiger partial charge in [0.15, 0.2) is 0 Å². The molecular weight excluding hydrogens is 302 g/mol. The molecule has 3 atom stereocenters. The highest BCUT2D eigenvalue weighted by molar-refractivity contribution is 6.30. The number of nitrogens with one attached hydrogen (secondary N) is 1. The minimum absolute atomic E-state index is 0.0707. The van der Waals surface area contributed by atoms with E-state index >= 15 is 0 Å². The van der Waals surface area contributed by atoms with E-state index in [2.05, 4.69) is 5.32 Å². The first-order valence-electron chi connectivity index (χ1n) is 7.83. The summed E-state index contributed by atoms with van der Waals surface area (Å²) in [5.41, 5.74) is 0.893. The molecule has 0 aromatic heterocycles. The SMILES string of the molecule is CO[C@@H]1C[C@H](C(=O)NC2(c3ccc(Cl)cc3)CC2)CC[C@@H]1O. The second-order valence-electron chi connectivity index (χ2n) is 6.43. The van der Waals surface area contributed by atoms with Crippen LogP contribution in [0.4, 0.5) is 0 Å². The van der Waals surface area contributed by atoms with Crippen LogP contribution in [0, 0.1) is 5.92 Å². The minimum atomic E-state index is -0.458. The van der Waals surface area contributed by atoms with Gasteiger partial charge in [0, 0.05) is 18.1 Å². The molecule has 0 heterocycles. The summed E-state index contributed by atoms with van der Waals surface area (Å²) in [5.74, 6) is -0.0143. The molecule has 0 aliphatic heterocycles. The number of carbonyl (C=O) groups excluding carboxylic acids is 1. The number of amides is 1. The number of rotatable bonds is 4. The van der Waals surface area contributed by atoms with Gasteiger partial charge in [0.2, 0.25) is 5.91 Å². The summed E-state index contributed by atoms with van der Waals surface area (Å²) in [6, 6.07) is 7.69. The Morgan fingerprint density at radius 1 is 1.32 bits per heavy atom. The van der Waals surface area contributed by atoms with Crippen LogP contribution in [0.25, 0.3) is 0 Å². The molecular formula is C17H22ClNO3. The van der Waals surface area contributed by atoms with Gasteiger partial charge in [-0.2, -0.15) is 0 Å². The van der Waals surface area contributed by atoms with Gasteiger partial charge < -0.3 is 15.2 Å². The minimum Gasteiger partial charge on any atom is -0.390 e. The third kappa shape index (κ3) is 3.14. The van der Waals surface area contributed by atoms with Gasteiger partial charge in [0.25, 0.3) is 0 Å². The zero-order chi connectivity index (χ0) is 15.7. The van der Waals surface area contributed by atoms with E-state index in [0.29, 0.717) is 24.3 Å². The van der Waals surface area contributed by atoms with Crippen LogP contribution < -0.4 is 5.32 Å². The van der Waals surface area contributed by atoms with E-state index in [0.717, 1.165) is 18.4 Å². The van der Waals surface area contributed by atoms with Crippen LogP contribution in [0.2, 0.25) is 5.02 Å². The van der Waals surface area contributed by atoms with E-state index < -0.39 is 6.10 Å². The zero-order valence-electron chi connectivity index (χ0n) is 12.7. The summed E-state index contributed by atoms with van der Waals surface area (Å²) in [6.45, 7) is 0. The highest BCUT2D eigenvalue weighted by Gasteiger charge is 2.47. The summed E-state index contributed by atoms with van der Waals surface area (Å²) in [7, 11) is 1.59. The predicted molar refractivity (Wildman–Crippen MR) is 84.7 cm³/mol. The van der Waals surface area contributed by atoms with Crippen molar-refractivity contribution in [2.75, 3.05) is 7.11 Å². The van der Waals surface area contributed by atoms with Crippen LogP contribution >= 0.6 is 11.6 Å². The number of hydrogen-bond acceptors (Lipinski definition) is 3. The van der Waals surface area contributed by atoms with Crippen molar-refractivity contribution >= 4 is 17.5 Å². The number of hydrogen-bond donors (Lipinski definition) is 2. The topological polar surface area (TPSA) is 58.6 Å². The van der Waals surface area contributed by atoms with Crippen LogP contribution in [0.1, 0.15) is 37.7 Å². The van der Waals surface area contributed by atoms with Crippen molar-refractivity contribution in [1.82, 2.24) is 5.32 Å². The van der Waals surface area contributed by atoms with Crippen LogP contribution in [0.3, 0.4) is 0 Å². The molecule has 5 heteroatoms. The summed E-state index contributed by atoms with van der Waals surface area (Å²) >= 11 is 5.93. The summed E-state index contributed by atoms with van der Waals surface area (Å²) in [6.07, 6.45) is 3.14. The highest BCUT2D eigenvalue weighted by Crippen LogP contribution is 2.46. The average Bonchev–Trinajstić information content (AvgIpc) is 3.29.